The quantitative estimate of drug-likeness (QED) is 0.533. The number of H-pyrrole nitrogens is 1. The lowest BCUT2D eigenvalue weighted by atomic mass is 9.96. The highest BCUT2D eigenvalue weighted by Crippen LogP contribution is 2.36. The molecule has 0 aliphatic carbocycles. The average molecular weight is 414 g/mol. The molecule has 0 fully saturated rings. The average Bonchev–Trinajstić information content (AvgIpc) is 3.01. The van der Waals surface area contributed by atoms with Crippen molar-refractivity contribution in [2.75, 3.05) is 11.9 Å². The van der Waals surface area contributed by atoms with Gasteiger partial charge in [-0.3, -0.25) is 0 Å². The van der Waals surface area contributed by atoms with Crippen LogP contribution in [-0.4, -0.2) is 21.5 Å². The Morgan fingerprint density at radius 3 is 2.76 bits per heavy atom. The van der Waals surface area contributed by atoms with Crippen LogP contribution in [0.1, 0.15) is 30.6 Å². The van der Waals surface area contributed by atoms with Gasteiger partial charge in [-0.2, -0.15) is 0 Å². The van der Waals surface area contributed by atoms with Crippen molar-refractivity contribution >= 4 is 49.9 Å². The summed E-state index contributed by atoms with van der Waals surface area (Å²) in [7, 11) is 0. The van der Waals surface area contributed by atoms with Gasteiger partial charge >= 0.3 is 0 Å². The van der Waals surface area contributed by atoms with Gasteiger partial charge in [0.15, 0.2) is 5.11 Å². The van der Waals surface area contributed by atoms with E-state index in [1.807, 2.05) is 24.3 Å². The van der Waals surface area contributed by atoms with Gasteiger partial charge in [0.05, 0.1) is 6.04 Å². The first-order valence-corrected chi connectivity index (χ1v) is 9.80. The fraction of sp³-hybridized carbons (Fsp3) is 0.250. The topological polar surface area (TPSA) is 31.1 Å². The number of aromatic nitrogens is 1. The lowest BCUT2D eigenvalue weighted by Crippen LogP contribution is -2.42. The number of halogens is 1. The fourth-order valence-corrected chi connectivity index (χ4v) is 4.32. The van der Waals surface area contributed by atoms with Crippen LogP contribution >= 0.6 is 28.1 Å². The standard InChI is InChI=1S/C20H20BrN3S/c1-2-18-19-16(15-5-3-4-6-17(15)23-19)11-12-24(18)20(25)22-14-9-7-13(21)8-10-14/h3-10,18,23H,2,11-12H2,1H3,(H,22,25). The molecule has 0 spiro atoms. The molecule has 5 heteroatoms. The number of hydrogen-bond acceptors (Lipinski definition) is 1. The van der Waals surface area contributed by atoms with Gasteiger partial charge in [0, 0.05) is 33.3 Å². The molecule has 1 aliphatic heterocycles. The van der Waals surface area contributed by atoms with E-state index in [4.69, 9.17) is 12.2 Å². The van der Waals surface area contributed by atoms with Gasteiger partial charge in [-0.25, -0.2) is 0 Å². The summed E-state index contributed by atoms with van der Waals surface area (Å²) in [6.07, 6.45) is 2.03. The van der Waals surface area contributed by atoms with E-state index in [9.17, 15) is 0 Å². The molecule has 3 nitrogen and oxygen atoms in total. The maximum Gasteiger partial charge on any atom is 0.174 e. The van der Waals surface area contributed by atoms with Crippen molar-refractivity contribution in [3.05, 3.63) is 64.3 Å². The van der Waals surface area contributed by atoms with Gasteiger partial charge < -0.3 is 15.2 Å². The number of hydrogen-bond donors (Lipinski definition) is 2. The number of rotatable bonds is 2. The molecule has 2 aromatic carbocycles. The highest BCUT2D eigenvalue weighted by atomic mass is 79.9. The zero-order valence-electron chi connectivity index (χ0n) is 14.1. The zero-order chi connectivity index (χ0) is 17.4. The predicted octanol–water partition coefficient (Wildman–Crippen LogP) is 5.64. The molecular formula is C20H20BrN3S. The summed E-state index contributed by atoms with van der Waals surface area (Å²) in [6, 6.07) is 17.0. The number of nitrogens with zero attached hydrogens (tertiary/aromatic N) is 1. The van der Waals surface area contributed by atoms with Gasteiger partial charge in [-0.1, -0.05) is 41.1 Å². The van der Waals surface area contributed by atoms with Gasteiger partial charge in [0.2, 0.25) is 0 Å². The molecule has 2 N–H and O–H groups in total. The second kappa shape index (κ2) is 6.81. The third-order valence-corrected chi connectivity index (χ3v) is 5.77. The summed E-state index contributed by atoms with van der Waals surface area (Å²) in [5.41, 5.74) is 5.00. The molecule has 0 saturated carbocycles. The molecule has 0 bridgehead atoms. The normalized spacial score (nSPS) is 16.7. The minimum atomic E-state index is 0.284. The monoisotopic (exact) mass is 413 g/mol. The van der Waals surface area contributed by atoms with Gasteiger partial charge in [-0.05, 0) is 61.0 Å². The van der Waals surface area contributed by atoms with Crippen LogP contribution in [0.3, 0.4) is 0 Å². The Hall–Kier alpha value is -1.85. The summed E-state index contributed by atoms with van der Waals surface area (Å²) in [5.74, 6) is 0. The molecule has 3 aromatic rings. The molecule has 1 atom stereocenters. The van der Waals surface area contributed by atoms with E-state index in [2.05, 4.69) is 62.3 Å². The van der Waals surface area contributed by atoms with E-state index in [1.165, 1.54) is 22.2 Å². The van der Waals surface area contributed by atoms with Crippen LogP contribution in [0.2, 0.25) is 0 Å². The summed E-state index contributed by atoms with van der Waals surface area (Å²) in [4.78, 5) is 5.95. The largest absolute Gasteiger partial charge is 0.356 e. The van der Waals surface area contributed by atoms with Crippen molar-refractivity contribution in [1.82, 2.24) is 9.88 Å². The number of fused-ring (bicyclic) bond motifs is 3. The first-order chi connectivity index (χ1) is 12.2. The van der Waals surface area contributed by atoms with Gasteiger partial charge in [-0.15, -0.1) is 0 Å². The van der Waals surface area contributed by atoms with Crippen LogP contribution < -0.4 is 5.32 Å². The number of nitrogens with one attached hydrogen (secondary N) is 2. The molecule has 25 heavy (non-hydrogen) atoms. The number of benzene rings is 2. The number of thiocarbonyl (C=S) groups is 1. The molecule has 4 rings (SSSR count). The van der Waals surface area contributed by atoms with Crippen molar-refractivity contribution in [3.63, 3.8) is 0 Å². The Kier molecular flexibility index (Phi) is 4.52. The number of aromatic amines is 1. The fourth-order valence-electron chi connectivity index (χ4n) is 3.71. The molecule has 0 amide bonds. The maximum atomic E-state index is 5.73. The first-order valence-electron chi connectivity index (χ1n) is 8.60. The molecule has 0 radical (unpaired) electrons. The van der Waals surface area contributed by atoms with Crippen molar-refractivity contribution < 1.29 is 0 Å². The van der Waals surface area contributed by atoms with Crippen LogP contribution in [0.25, 0.3) is 10.9 Å². The minimum absolute atomic E-state index is 0.284. The SMILES string of the molecule is CCC1c2[nH]c3ccccc3c2CCN1C(=S)Nc1ccc(Br)cc1. The van der Waals surface area contributed by atoms with E-state index >= 15 is 0 Å². The Labute approximate surface area is 161 Å². The third kappa shape index (κ3) is 3.07. The van der Waals surface area contributed by atoms with Crippen molar-refractivity contribution in [1.29, 1.82) is 0 Å². The van der Waals surface area contributed by atoms with Gasteiger partial charge in [0.1, 0.15) is 0 Å². The summed E-state index contributed by atoms with van der Waals surface area (Å²) >= 11 is 9.20. The summed E-state index contributed by atoms with van der Waals surface area (Å²) in [5, 5.41) is 5.53. The Morgan fingerprint density at radius 2 is 2.00 bits per heavy atom. The molecule has 128 valence electrons. The molecule has 0 saturated heterocycles. The number of anilines is 1. The molecule has 1 aliphatic rings. The molecule has 1 unspecified atom stereocenters. The van der Waals surface area contributed by atoms with Crippen LogP contribution in [0, 0.1) is 0 Å². The Morgan fingerprint density at radius 1 is 1.24 bits per heavy atom. The van der Waals surface area contributed by atoms with Crippen molar-refractivity contribution in [2.24, 2.45) is 0 Å². The highest BCUT2D eigenvalue weighted by molar-refractivity contribution is 9.10. The van der Waals surface area contributed by atoms with E-state index in [1.54, 1.807) is 0 Å². The lowest BCUT2D eigenvalue weighted by Gasteiger charge is -2.37. The Bertz CT molecular complexity index is 916. The van der Waals surface area contributed by atoms with E-state index < -0.39 is 0 Å². The lowest BCUT2D eigenvalue weighted by molar-refractivity contribution is 0.291. The van der Waals surface area contributed by atoms with E-state index in [0.717, 1.165) is 34.7 Å². The van der Waals surface area contributed by atoms with Crippen LogP contribution in [0.5, 0.6) is 0 Å². The van der Waals surface area contributed by atoms with E-state index in [0.29, 0.717) is 0 Å². The zero-order valence-corrected chi connectivity index (χ0v) is 16.5. The number of para-hydroxylation sites is 1. The second-order valence-corrected chi connectivity index (χ2v) is 7.67. The van der Waals surface area contributed by atoms with Crippen LogP contribution in [-0.2, 0) is 6.42 Å². The van der Waals surface area contributed by atoms with Crippen LogP contribution in [0.4, 0.5) is 5.69 Å². The minimum Gasteiger partial charge on any atom is -0.356 e. The predicted molar refractivity (Wildman–Crippen MR) is 112 cm³/mol. The van der Waals surface area contributed by atoms with Crippen LogP contribution in [0.15, 0.2) is 53.0 Å². The third-order valence-electron chi connectivity index (χ3n) is 4.90. The molecular weight excluding hydrogens is 394 g/mol. The second-order valence-electron chi connectivity index (χ2n) is 6.37. The summed E-state index contributed by atoms with van der Waals surface area (Å²) in [6.45, 7) is 3.16. The molecule has 2 heterocycles. The van der Waals surface area contributed by atoms with Crippen molar-refractivity contribution in [2.45, 2.75) is 25.8 Å². The van der Waals surface area contributed by atoms with Crippen molar-refractivity contribution in [3.8, 4) is 0 Å². The van der Waals surface area contributed by atoms with Gasteiger partial charge in [0.25, 0.3) is 0 Å². The Balaban J connectivity index is 1.62. The first kappa shape index (κ1) is 16.6. The highest BCUT2D eigenvalue weighted by Gasteiger charge is 2.30. The van der Waals surface area contributed by atoms with E-state index in [-0.39, 0.29) is 6.04 Å². The molecule has 1 aromatic heterocycles. The smallest absolute Gasteiger partial charge is 0.174 e. The summed E-state index contributed by atoms with van der Waals surface area (Å²) < 4.78 is 1.07. The maximum absolute atomic E-state index is 5.73.